The van der Waals surface area contributed by atoms with Gasteiger partial charge in [-0.1, -0.05) is 12.1 Å². The Morgan fingerprint density at radius 2 is 1.77 bits per heavy atom. The predicted octanol–water partition coefficient (Wildman–Crippen LogP) is 3.09. The van der Waals surface area contributed by atoms with Gasteiger partial charge in [0.15, 0.2) is 5.76 Å². The standard InChI is InChI=1S/C17H14N2O3/c1-10-2-3-12-9-15(22-14(12)8-10)17(21)19-13-6-4-11(5-7-13)16(18)20/h2-9H,1H3,(H2,18,20)(H,19,21). The molecule has 0 unspecified atom stereocenters. The molecule has 0 atom stereocenters. The fourth-order valence-electron chi connectivity index (χ4n) is 2.16. The molecule has 5 heteroatoms. The molecule has 1 aromatic heterocycles. The van der Waals surface area contributed by atoms with Gasteiger partial charge in [0.05, 0.1) is 0 Å². The number of benzene rings is 2. The van der Waals surface area contributed by atoms with E-state index in [-0.39, 0.29) is 11.7 Å². The van der Waals surface area contributed by atoms with Gasteiger partial charge in [-0.3, -0.25) is 9.59 Å². The Balaban J connectivity index is 1.81. The molecule has 2 amide bonds. The number of rotatable bonds is 3. The Hall–Kier alpha value is -3.08. The average molecular weight is 294 g/mol. The van der Waals surface area contributed by atoms with Gasteiger partial charge in [0.25, 0.3) is 5.91 Å². The monoisotopic (exact) mass is 294 g/mol. The van der Waals surface area contributed by atoms with Gasteiger partial charge in [-0.2, -0.15) is 0 Å². The van der Waals surface area contributed by atoms with Crippen LogP contribution in [0.1, 0.15) is 26.5 Å². The summed E-state index contributed by atoms with van der Waals surface area (Å²) in [6.07, 6.45) is 0. The predicted molar refractivity (Wildman–Crippen MR) is 83.9 cm³/mol. The molecule has 3 N–H and O–H groups in total. The molecule has 0 saturated heterocycles. The topological polar surface area (TPSA) is 85.3 Å². The maximum Gasteiger partial charge on any atom is 0.291 e. The van der Waals surface area contributed by atoms with Gasteiger partial charge in [0.1, 0.15) is 5.58 Å². The van der Waals surface area contributed by atoms with Crippen molar-refractivity contribution in [3.63, 3.8) is 0 Å². The number of primary amides is 1. The molecule has 0 saturated carbocycles. The Kier molecular flexibility index (Phi) is 3.39. The van der Waals surface area contributed by atoms with Crippen molar-refractivity contribution in [3.05, 3.63) is 65.4 Å². The van der Waals surface area contributed by atoms with Gasteiger partial charge in [-0.05, 0) is 48.9 Å². The molecule has 0 aliphatic heterocycles. The van der Waals surface area contributed by atoms with Crippen LogP contribution in [0, 0.1) is 6.92 Å². The summed E-state index contributed by atoms with van der Waals surface area (Å²) in [5.41, 5.74) is 7.86. The highest BCUT2D eigenvalue weighted by molar-refractivity contribution is 6.05. The number of hydrogen-bond donors (Lipinski definition) is 2. The normalized spacial score (nSPS) is 10.6. The maximum atomic E-state index is 12.2. The van der Waals surface area contributed by atoms with E-state index < -0.39 is 5.91 Å². The van der Waals surface area contributed by atoms with Crippen molar-refractivity contribution >= 4 is 28.5 Å². The molecule has 0 spiro atoms. The average Bonchev–Trinajstić information content (AvgIpc) is 2.91. The molecule has 2 aromatic carbocycles. The number of anilines is 1. The van der Waals surface area contributed by atoms with Crippen molar-refractivity contribution in [1.82, 2.24) is 0 Å². The second-order valence-corrected chi connectivity index (χ2v) is 5.05. The minimum atomic E-state index is -0.509. The van der Waals surface area contributed by atoms with E-state index in [0.717, 1.165) is 10.9 Å². The van der Waals surface area contributed by atoms with Gasteiger partial charge in [0, 0.05) is 16.6 Å². The second-order valence-electron chi connectivity index (χ2n) is 5.05. The van der Waals surface area contributed by atoms with E-state index in [0.29, 0.717) is 16.8 Å². The maximum absolute atomic E-state index is 12.2. The lowest BCUT2D eigenvalue weighted by Crippen LogP contribution is -2.12. The van der Waals surface area contributed by atoms with E-state index in [9.17, 15) is 9.59 Å². The molecule has 0 bridgehead atoms. The third-order valence-electron chi connectivity index (χ3n) is 3.33. The highest BCUT2D eigenvalue weighted by Crippen LogP contribution is 2.21. The first-order valence-corrected chi connectivity index (χ1v) is 6.74. The molecule has 0 aliphatic rings. The molecular weight excluding hydrogens is 280 g/mol. The van der Waals surface area contributed by atoms with Crippen molar-refractivity contribution in [1.29, 1.82) is 0 Å². The van der Waals surface area contributed by atoms with E-state index in [4.69, 9.17) is 10.2 Å². The number of nitrogens with two attached hydrogens (primary N) is 1. The number of carbonyl (C=O) groups is 2. The third-order valence-corrected chi connectivity index (χ3v) is 3.33. The zero-order valence-electron chi connectivity index (χ0n) is 11.9. The van der Waals surface area contributed by atoms with Crippen LogP contribution in [0.25, 0.3) is 11.0 Å². The second kappa shape index (κ2) is 5.37. The largest absolute Gasteiger partial charge is 0.451 e. The number of nitrogens with one attached hydrogen (secondary N) is 1. The minimum absolute atomic E-state index is 0.236. The molecule has 3 rings (SSSR count). The van der Waals surface area contributed by atoms with Gasteiger partial charge in [-0.15, -0.1) is 0 Å². The summed E-state index contributed by atoms with van der Waals surface area (Å²) in [6.45, 7) is 1.96. The Morgan fingerprint density at radius 3 is 2.45 bits per heavy atom. The first kappa shape index (κ1) is 13.9. The lowest BCUT2D eigenvalue weighted by Gasteiger charge is -2.03. The van der Waals surface area contributed by atoms with Crippen molar-refractivity contribution in [2.75, 3.05) is 5.32 Å². The van der Waals surface area contributed by atoms with E-state index in [1.807, 2.05) is 25.1 Å². The Morgan fingerprint density at radius 1 is 1.05 bits per heavy atom. The Labute approximate surface area is 126 Å². The fourth-order valence-corrected chi connectivity index (χ4v) is 2.16. The molecule has 5 nitrogen and oxygen atoms in total. The number of carbonyl (C=O) groups excluding carboxylic acids is 2. The van der Waals surface area contributed by atoms with Crippen molar-refractivity contribution < 1.29 is 14.0 Å². The van der Waals surface area contributed by atoms with E-state index in [1.165, 1.54) is 0 Å². The van der Waals surface area contributed by atoms with Crippen LogP contribution >= 0.6 is 0 Å². The highest BCUT2D eigenvalue weighted by Gasteiger charge is 2.12. The van der Waals surface area contributed by atoms with Crippen LogP contribution in [-0.4, -0.2) is 11.8 Å². The zero-order chi connectivity index (χ0) is 15.7. The van der Waals surface area contributed by atoms with E-state index in [2.05, 4.69) is 5.32 Å². The van der Waals surface area contributed by atoms with Gasteiger partial charge < -0.3 is 15.5 Å². The van der Waals surface area contributed by atoms with Gasteiger partial charge >= 0.3 is 0 Å². The summed E-state index contributed by atoms with van der Waals surface area (Å²) in [6, 6.07) is 13.8. The molecule has 0 aliphatic carbocycles. The Bertz CT molecular complexity index is 863. The molecule has 0 radical (unpaired) electrons. The lowest BCUT2D eigenvalue weighted by atomic mass is 10.2. The molecular formula is C17H14N2O3. The van der Waals surface area contributed by atoms with Crippen LogP contribution < -0.4 is 11.1 Å². The summed E-state index contributed by atoms with van der Waals surface area (Å²) < 4.78 is 5.56. The molecule has 22 heavy (non-hydrogen) atoms. The molecule has 1 heterocycles. The van der Waals surface area contributed by atoms with Crippen molar-refractivity contribution in [2.45, 2.75) is 6.92 Å². The first-order valence-electron chi connectivity index (χ1n) is 6.74. The first-order chi connectivity index (χ1) is 10.5. The van der Waals surface area contributed by atoms with Gasteiger partial charge in [-0.25, -0.2) is 0 Å². The number of amides is 2. The third kappa shape index (κ3) is 2.69. The van der Waals surface area contributed by atoms with Crippen LogP contribution in [-0.2, 0) is 0 Å². The molecule has 110 valence electrons. The molecule has 0 fully saturated rings. The number of furan rings is 1. The van der Waals surface area contributed by atoms with Crippen molar-refractivity contribution in [3.8, 4) is 0 Å². The fraction of sp³-hybridized carbons (Fsp3) is 0.0588. The van der Waals surface area contributed by atoms with Crippen LogP contribution in [0.5, 0.6) is 0 Å². The summed E-state index contributed by atoms with van der Waals surface area (Å²) in [5.74, 6) is -0.620. The molecule has 3 aromatic rings. The number of hydrogen-bond acceptors (Lipinski definition) is 3. The van der Waals surface area contributed by atoms with E-state index >= 15 is 0 Å². The summed E-state index contributed by atoms with van der Waals surface area (Å²) >= 11 is 0. The van der Waals surface area contributed by atoms with Crippen LogP contribution in [0.15, 0.2) is 52.9 Å². The highest BCUT2D eigenvalue weighted by atomic mass is 16.3. The van der Waals surface area contributed by atoms with Gasteiger partial charge in [0.2, 0.25) is 5.91 Å². The van der Waals surface area contributed by atoms with Crippen LogP contribution in [0.3, 0.4) is 0 Å². The lowest BCUT2D eigenvalue weighted by molar-refractivity contribution is 0.0992. The summed E-state index contributed by atoms with van der Waals surface area (Å²) in [7, 11) is 0. The quantitative estimate of drug-likeness (QED) is 0.778. The minimum Gasteiger partial charge on any atom is -0.451 e. The van der Waals surface area contributed by atoms with E-state index in [1.54, 1.807) is 30.3 Å². The number of fused-ring (bicyclic) bond motifs is 1. The SMILES string of the molecule is Cc1ccc2cc(C(=O)Nc3ccc(C(N)=O)cc3)oc2c1. The summed E-state index contributed by atoms with van der Waals surface area (Å²) in [4.78, 5) is 23.2. The number of aryl methyl sites for hydroxylation is 1. The van der Waals surface area contributed by atoms with Crippen LogP contribution in [0.4, 0.5) is 5.69 Å². The summed E-state index contributed by atoms with van der Waals surface area (Å²) in [5, 5.41) is 3.59. The van der Waals surface area contributed by atoms with Crippen molar-refractivity contribution in [2.24, 2.45) is 5.73 Å². The zero-order valence-corrected chi connectivity index (χ0v) is 11.9. The smallest absolute Gasteiger partial charge is 0.291 e. The van der Waals surface area contributed by atoms with Crippen LogP contribution in [0.2, 0.25) is 0 Å².